The van der Waals surface area contributed by atoms with Crippen molar-refractivity contribution in [3.05, 3.63) is 69.3 Å². The van der Waals surface area contributed by atoms with E-state index in [9.17, 15) is 4.79 Å². The normalized spacial score (nSPS) is 11.2. The van der Waals surface area contributed by atoms with Gasteiger partial charge in [-0.3, -0.25) is 9.20 Å². The minimum atomic E-state index is -0.0630. The van der Waals surface area contributed by atoms with Crippen molar-refractivity contribution >= 4 is 28.1 Å². The average Bonchev–Trinajstić information content (AvgIpc) is 3.37. The van der Waals surface area contributed by atoms with Gasteiger partial charge in [0.1, 0.15) is 12.4 Å². The monoisotopic (exact) mass is 427 g/mol. The van der Waals surface area contributed by atoms with Gasteiger partial charge in [0.15, 0.2) is 15.9 Å². The highest BCUT2D eigenvalue weighted by atomic mass is 32.2. The van der Waals surface area contributed by atoms with E-state index in [1.54, 1.807) is 16.7 Å². The largest absolute Gasteiger partial charge is 0.486 e. The van der Waals surface area contributed by atoms with Gasteiger partial charge in [-0.25, -0.2) is 4.98 Å². The zero-order chi connectivity index (χ0) is 20.2. The highest BCUT2D eigenvalue weighted by Gasteiger charge is 2.13. The number of aromatic nitrogens is 5. The van der Waals surface area contributed by atoms with E-state index in [1.165, 1.54) is 28.7 Å². The molecule has 29 heavy (non-hydrogen) atoms. The Morgan fingerprint density at radius 3 is 2.76 bits per heavy atom. The van der Waals surface area contributed by atoms with Crippen molar-refractivity contribution in [3.63, 3.8) is 0 Å². The average molecular weight is 428 g/mol. The molecule has 0 amide bonds. The minimum absolute atomic E-state index is 0.0630. The van der Waals surface area contributed by atoms with Crippen LogP contribution in [-0.2, 0) is 25.3 Å². The fourth-order valence-electron chi connectivity index (χ4n) is 2.92. The number of thiazole rings is 1. The highest BCUT2D eigenvalue weighted by Crippen LogP contribution is 2.22. The molecule has 0 bridgehead atoms. The third-order valence-electron chi connectivity index (χ3n) is 4.51. The summed E-state index contributed by atoms with van der Waals surface area (Å²) >= 11 is 2.97. The molecule has 4 aromatic rings. The highest BCUT2D eigenvalue weighted by molar-refractivity contribution is 7.98. The number of fused-ring (bicyclic) bond motifs is 1. The van der Waals surface area contributed by atoms with Gasteiger partial charge in [-0.1, -0.05) is 30.8 Å². The molecule has 3 heterocycles. The summed E-state index contributed by atoms with van der Waals surface area (Å²) in [6.07, 6.45) is 2.74. The molecule has 0 aliphatic heterocycles. The van der Waals surface area contributed by atoms with E-state index < -0.39 is 0 Å². The lowest BCUT2D eigenvalue weighted by molar-refractivity contribution is 0.288. The SMILES string of the molecule is CCc1ccc(OCc2nnc(SCc3cc(=O)n4ccsc4n3)n2CC)cc1. The van der Waals surface area contributed by atoms with Crippen molar-refractivity contribution < 1.29 is 4.74 Å². The van der Waals surface area contributed by atoms with Crippen LogP contribution in [0.5, 0.6) is 5.75 Å². The Kier molecular flexibility index (Phi) is 5.96. The third kappa shape index (κ3) is 4.35. The number of aryl methyl sites for hydroxylation is 1. The summed E-state index contributed by atoms with van der Waals surface area (Å²) in [6.45, 7) is 5.27. The summed E-state index contributed by atoms with van der Waals surface area (Å²) in [6, 6.07) is 9.67. The summed E-state index contributed by atoms with van der Waals surface area (Å²) < 4.78 is 9.46. The lowest BCUT2D eigenvalue weighted by atomic mass is 10.2. The van der Waals surface area contributed by atoms with E-state index in [1.807, 2.05) is 22.1 Å². The number of ether oxygens (including phenoxy) is 1. The molecule has 9 heteroatoms. The Balaban J connectivity index is 1.44. The number of benzene rings is 1. The number of nitrogens with zero attached hydrogens (tertiary/aromatic N) is 5. The molecule has 0 saturated heterocycles. The lowest BCUT2D eigenvalue weighted by Crippen LogP contribution is -2.12. The maximum Gasteiger partial charge on any atom is 0.258 e. The Bertz CT molecular complexity index is 1160. The molecule has 0 unspecified atom stereocenters. The van der Waals surface area contributed by atoms with Crippen LogP contribution in [-0.4, -0.2) is 24.1 Å². The van der Waals surface area contributed by atoms with Crippen LogP contribution in [0, 0.1) is 0 Å². The molecular formula is C20H21N5O2S2. The summed E-state index contributed by atoms with van der Waals surface area (Å²) in [4.78, 5) is 17.4. The molecule has 7 nitrogen and oxygen atoms in total. The van der Waals surface area contributed by atoms with E-state index in [0.29, 0.717) is 17.3 Å². The van der Waals surface area contributed by atoms with Crippen molar-refractivity contribution in [2.45, 2.75) is 44.3 Å². The van der Waals surface area contributed by atoms with E-state index in [-0.39, 0.29) is 5.56 Å². The first-order valence-electron chi connectivity index (χ1n) is 9.40. The Morgan fingerprint density at radius 2 is 2.00 bits per heavy atom. The van der Waals surface area contributed by atoms with Crippen LogP contribution in [0.1, 0.15) is 30.9 Å². The van der Waals surface area contributed by atoms with Crippen molar-refractivity contribution in [1.29, 1.82) is 0 Å². The molecule has 0 aliphatic rings. The van der Waals surface area contributed by atoms with Crippen LogP contribution < -0.4 is 10.3 Å². The maximum atomic E-state index is 12.1. The Morgan fingerprint density at radius 1 is 1.17 bits per heavy atom. The molecule has 0 atom stereocenters. The second-order valence-electron chi connectivity index (χ2n) is 6.36. The second-order valence-corrected chi connectivity index (χ2v) is 8.17. The van der Waals surface area contributed by atoms with Crippen LogP contribution in [0.3, 0.4) is 0 Å². The zero-order valence-corrected chi connectivity index (χ0v) is 17.9. The molecule has 0 radical (unpaired) electrons. The smallest absolute Gasteiger partial charge is 0.258 e. The van der Waals surface area contributed by atoms with E-state index in [0.717, 1.165) is 35.4 Å². The van der Waals surface area contributed by atoms with Crippen molar-refractivity contribution in [2.24, 2.45) is 0 Å². The summed E-state index contributed by atoms with van der Waals surface area (Å²) in [5, 5.41) is 11.2. The van der Waals surface area contributed by atoms with Gasteiger partial charge in [-0.15, -0.1) is 21.5 Å². The third-order valence-corrected chi connectivity index (χ3v) is 6.27. The number of rotatable bonds is 8. The van der Waals surface area contributed by atoms with Crippen LogP contribution in [0.15, 0.2) is 51.9 Å². The summed E-state index contributed by atoms with van der Waals surface area (Å²) in [7, 11) is 0. The topological polar surface area (TPSA) is 74.3 Å². The van der Waals surface area contributed by atoms with Crippen molar-refractivity contribution in [1.82, 2.24) is 24.1 Å². The number of thioether (sulfide) groups is 1. The predicted molar refractivity (Wildman–Crippen MR) is 115 cm³/mol. The first-order chi connectivity index (χ1) is 14.2. The fraction of sp³-hybridized carbons (Fsp3) is 0.300. The molecule has 3 aromatic heterocycles. The molecule has 0 aliphatic carbocycles. The maximum absolute atomic E-state index is 12.1. The molecule has 0 spiro atoms. The van der Waals surface area contributed by atoms with Crippen LogP contribution in [0.25, 0.3) is 4.96 Å². The van der Waals surface area contributed by atoms with E-state index in [2.05, 4.69) is 41.2 Å². The summed E-state index contributed by atoms with van der Waals surface area (Å²) in [5.41, 5.74) is 1.95. The molecule has 1 aromatic carbocycles. The van der Waals surface area contributed by atoms with Gasteiger partial charge in [-0.05, 0) is 31.0 Å². The van der Waals surface area contributed by atoms with Crippen LogP contribution >= 0.6 is 23.1 Å². The van der Waals surface area contributed by atoms with Crippen LogP contribution in [0.2, 0.25) is 0 Å². The van der Waals surface area contributed by atoms with Gasteiger partial charge in [0, 0.05) is 29.9 Å². The van der Waals surface area contributed by atoms with Crippen molar-refractivity contribution in [3.8, 4) is 5.75 Å². The molecule has 0 fully saturated rings. The molecule has 0 saturated carbocycles. The number of hydrogen-bond donors (Lipinski definition) is 0. The number of hydrogen-bond acceptors (Lipinski definition) is 7. The standard InChI is InChI=1S/C20H21N5O2S2/c1-3-14-5-7-16(8-6-14)27-12-17-22-23-20(24(17)4-2)29-13-15-11-18(26)25-9-10-28-19(25)21-15/h5-11H,3-4,12-13H2,1-2H3. The van der Waals surface area contributed by atoms with Gasteiger partial charge in [-0.2, -0.15) is 0 Å². The molecular weight excluding hydrogens is 406 g/mol. The van der Waals surface area contributed by atoms with E-state index >= 15 is 0 Å². The zero-order valence-electron chi connectivity index (χ0n) is 16.2. The van der Waals surface area contributed by atoms with Gasteiger partial charge in [0.25, 0.3) is 5.56 Å². The van der Waals surface area contributed by atoms with Crippen molar-refractivity contribution in [2.75, 3.05) is 0 Å². The van der Waals surface area contributed by atoms with Crippen LogP contribution in [0.4, 0.5) is 0 Å². The van der Waals surface area contributed by atoms with Gasteiger partial charge < -0.3 is 9.30 Å². The minimum Gasteiger partial charge on any atom is -0.486 e. The van der Waals surface area contributed by atoms with E-state index in [4.69, 9.17) is 4.74 Å². The Hall–Kier alpha value is -2.65. The summed E-state index contributed by atoms with van der Waals surface area (Å²) in [5.74, 6) is 2.15. The fourth-order valence-corrected chi connectivity index (χ4v) is 4.57. The molecule has 150 valence electrons. The second kappa shape index (κ2) is 8.79. The Labute approximate surface area is 176 Å². The first kappa shape index (κ1) is 19.7. The molecule has 4 rings (SSSR count). The first-order valence-corrected chi connectivity index (χ1v) is 11.3. The quantitative estimate of drug-likeness (QED) is 0.398. The lowest BCUT2D eigenvalue weighted by Gasteiger charge is -2.09. The van der Waals surface area contributed by atoms with Gasteiger partial charge in [0.2, 0.25) is 0 Å². The molecule has 0 N–H and O–H groups in total. The van der Waals surface area contributed by atoms with Gasteiger partial charge >= 0.3 is 0 Å². The predicted octanol–water partition coefficient (Wildman–Crippen LogP) is 3.80. The van der Waals surface area contributed by atoms with Gasteiger partial charge in [0.05, 0.1) is 5.69 Å².